The van der Waals surface area contributed by atoms with Crippen LogP contribution in [-0.2, 0) is 0 Å². The number of halogens is 1. The maximum atomic E-state index is 5.68. The molecule has 0 spiro atoms. The second-order valence-electron chi connectivity index (χ2n) is 4.81. The van der Waals surface area contributed by atoms with Gasteiger partial charge in [0, 0.05) is 6.04 Å². The lowest BCUT2D eigenvalue weighted by Crippen LogP contribution is -2.25. The molecule has 1 unspecified atom stereocenters. The van der Waals surface area contributed by atoms with Gasteiger partial charge in [-0.1, -0.05) is 13.8 Å². The molecule has 0 saturated heterocycles. The van der Waals surface area contributed by atoms with Crippen molar-refractivity contribution in [3.05, 3.63) is 16.7 Å². The molecule has 0 amide bonds. The van der Waals surface area contributed by atoms with E-state index in [0.29, 0.717) is 11.7 Å². The highest BCUT2D eigenvalue weighted by Gasteiger charge is 2.07. The van der Waals surface area contributed by atoms with Crippen LogP contribution in [0.5, 0.6) is 0 Å². The third kappa shape index (κ3) is 5.78. The lowest BCUT2D eigenvalue weighted by atomic mass is 10.1. The summed E-state index contributed by atoms with van der Waals surface area (Å²) in [6, 6.07) is 2.28. The van der Waals surface area contributed by atoms with Crippen molar-refractivity contribution in [2.45, 2.75) is 39.7 Å². The number of hydrogen-bond donors (Lipinski definition) is 2. The number of nitrogens with zero attached hydrogens (tertiary/aromatic N) is 2. The summed E-state index contributed by atoms with van der Waals surface area (Å²) in [6.45, 7) is 10.0. The lowest BCUT2D eigenvalue weighted by Gasteiger charge is -2.20. The van der Waals surface area contributed by atoms with Crippen LogP contribution in [0.1, 0.15) is 33.6 Å². The molecular weight excluding hydrogens is 304 g/mol. The van der Waals surface area contributed by atoms with Crippen LogP contribution < -0.4 is 11.1 Å². The van der Waals surface area contributed by atoms with Gasteiger partial charge in [0.1, 0.15) is 5.82 Å². The summed E-state index contributed by atoms with van der Waals surface area (Å²) in [4.78, 5) is 6.75. The van der Waals surface area contributed by atoms with E-state index in [4.69, 9.17) is 5.73 Å². The monoisotopic (exact) mass is 328 g/mol. The van der Waals surface area contributed by atoms with Crippen molar-refractivity contribution in [1.82, 2.24) is 9.88 Å². The van der Waals surface area contributed by atoms with Crippen LogP contribution in [0, 0.1) is 0 Å². The molecule has 0 bridgehead atoms. The van der Waals surface area contributed by atoms with Crippen LogP contribution in [0.3, 0.4) is 0 Å². The smallest absolute Gasteiger partial charge is 0.140 e. The van der Waals surface area contributed by atoms with Crippen molar-refractivity contribution >= 4 is 27.4 Å². The molecule has 1 aromatic rings. The number of rotatable bonds is 8. The molecule has 1 heterocycles. The van der Waals surface area contributed by atoms with E-state index < -0.39 is 0 Å². The van der Waals surface area contributed by atoms with Crippen molar-refractivity contribution < 1.29 is 0 Å². The molecule has 0 aliphatic carbocycles. The number of hydrogen-bond acceptors (Lipinski definition) is 4. The summed E-state index contributed by atoms with van der Waals surface area (Å²) >= 11 is 3.48. The summed E-state index contributed by atoms with van der Waals surface area (Å²) in [5.74, 6) is 0.865. The molecule has 4 nitrogen and oxygen atoms in total. The Hall–Kier alpha value is -0.810. The minimum atomic E-state index is 0.406. The molecule has 0 aromatic carbocycles. The van der Waals surface area contributed by atoms with Gasteiger partial charge in [0.05, 0.1) is 16.4 Å². The highest BCUT2D eigenvalue weighted by atomic mass is 79.9. The molecule has 5 heteroatoms. The Kier molecular flexibility index (Phi) is 7.16. The average molecular weight is 329 g/mol. The standard InChI is InChI=1S/C14H25BrN4/c1-4-19(5-2)8-6-7-11(3)18-14-13(15)9-12(16)10-17-14/h9-11H,4-8,16H2,1-3H3,(H,17,18). The third-order valence-electron chi connectivity index (χ3n) is 3.25. The Morgan fingerprint density at radius 1 is 1.42 bits per heavy atom. The van der Waals surface area contributed by atoms with Crippen LogP contribution in [-0.4, -0.2) is 35.6 Å². The van der Waals surface area contributed by atoms with Crippen molar-refractivity contribution in [3.8, 4) is 0 Å². The molecule has 0 radical (unpaired) electrons. The number of nitrogens with two attached hydrogens (primary N) is 1. The number of nitrogen functional groups attached to an aromatic ring is 1. The Morgan fingerprint density at radius 2 is 2.11 bits per heavy atom. The zero-order valence-electron chi connectivity index (χ0n) is 12.1. The van der Waals surface area contributed by atoms with Crippen LogP contribution in [0.4, 0.5) is 11.5 Å². The largest absolute Gasteiger partial charge is 0.397 e. The topological polar surface area (TPSA) is 54.2 Å². The van der Waals surface area contributed by atoms with E-state index in [1.807, 2.05) is 6.07 Å². The van der Waals surface area contributed by atoms with Crippen molar-refractivity contribution in [2.24, 2.45) is 0 Å². The van der Waals surface area contributed by atoms with Crippen LogP contribution >= 0.6 is 15.9 Å². The highest BCUT2D eigenvalue weighted by molar-refractivity contribution is 9.10. The van der Waals surface area contributed by atoms with Crippen molar-refractivity contribution in [3.63, 3.8) is 0 Å². The summed E-state index contributed by atoms with van der Waals surface area (Å²) < 4.78 is 0.920. The zero-order chi connectivity index (χ0) is 14.3. The summed E-state index contributed by atoms with van der Waals surface area (Å²) in [5.41, 5.74) is 6.35. The van der Waals surface area contributed by atoms with E-state index in [1.54, 1.807) is 6.20 Å². The molecule has 3 N–H and O–H groups in total. The van der Waals surface area contributed by atoms with Gasteiger partial charge in [0.25, 0.3) is 0 Å². The molecule has 0 fully saturated rings. The summed E-state index contributed by atoms with van der Waals surface area (Å²) in [5, 5.41) is 3.42. The Bertz CT molecular complexity index is 380. The number of nitrogens with one attached hydrogen (secondary N) is 1. The third-order valence-corrected chi connectivity index (χ3v) is 3.86. The molecular formula is C14H25BrN4. The van der Waals surface area contributed by atoms with Gasteiger partial charge in [0.15, 0.2) is 0 Å². The maximum absolute atomic E-state index is 5.68. The fourth-order valence-electron chi connectivity index (χ4n) is 2.03. The zero-order valence-corrected chi connectivity index (χ0v) is 13.7. The Labute approximate surface area is 124 Å². The average Bonchev–Trinajstić information content (AvgIpc) is 2.38. The molecule has 1 aromatic heterocycles. The molecule has 0 saturated carbocycles. The van der Waals surface area contributed by atoms with Crippen LogP contribution in [0.25, 0.3) is 0 Å². The van der Waals surface area contributed by atoms with Crippen molar-refractivity contribution in [2.75, 3.05) is 30.7 Å². The first-order valence-electron chi connectivity index (χ1n) is 6.96. The fraction of sp³-hybridized carbons (Fsp3) is 0.643. The number of aromatic nitrogens is 1. The second-order valence-corrected chi connectivity index (χ2v) is 5.67. The molecule has 19 heavy (non-hydrogen) atoms. The van der Waals surface area contributed by atoms with Gasteiger partial charge in [-0.25, -0.2) is 4.98 Å². The Balaban J connectivity index is 2.36. The number of pyridine rings is 1. The van der Waals surface area contributed by atoms with E-state index in [1.165, 1.54) is 6.42 Å². The maximum Gasteiger partial charge on any atom is 0.140 e. The van der Waals surface area contributed by atoms with Gasteiger partial charge in [-0.3, -0.25) is 0 Å². The molecule has 0 aliphatic heterocycles. The SMILES string of the molecule is CCN(CC)CCCC(C)Nc1ncc(N)cc1Br. The first-order chi connectivity index (χ1) is 9.06. The van der Waals surface area contributed by atoms with Gasteiger partial charge in [-0.2, -0.15) is 0 Å². The van der Waals surface area contributed by atoms with Gasteiger partial charge < -0.3 is 16.0 Å². The van der Waals surface area contributed by atoms with Crippen LogP contribution in [0.15, 0.2) is 16.7 Å². The first-order valence-corrected chi connectivity index (χ1v) is 7.76. The van der Waals surface area contributed by atoms with Gasteiger partial charge in [-0.05, 0) is 61.4 Å². The van der Waals surface area contributed by atoms with E-state index in [9.17, 15) is 0 Å². The number of anilines is 2. The highest BCUT2D eigenvalue weighted by Crippen LogP contribution is 2.22. The lowest BCUT2D eigenvalue weighted by molar-refractivity contribution is 0.295. The summed E-state index contributed by atoms with van der Waals surface area (Å²) in [7, 11) is 0. The van der Waals surface area contributed by atoms with Gasteiger partial charge in [-0.15, -0.1) is 0 Å². The second kappa shape index (κ2) is 8.38. The van der Waals surface area contributed by atoms with Gasteiger partial charge in [0.2, 0.25) is 0 Å². The van der Waals surface area contributed by atoms with E-state index in [-0.39, 0.29) is 0 Å². The molecule has 108 valence electrons. The van der Waals surface area contributed by atoms with E-state index in [0.717, 1.165) is 36.3 Å². The minimum Gasteiger partial charge on any atom is -0.397 e. The summed E-state index contributed by atoms with van der Waals surface area (Å²) in [6.07, 6.45) is 4.01. The minimum absolute atomic E-state index is 0.406. The normalized spacial score (nSPS) is 12.7. The van der Waals surface area contributed by atoms with Crippen LogP contribution in [0.2, 0.25) is 0 Å². The van der Waals surface area contributed by atoms with E-state index in [2.05, 4.69) is 51.9 Å². The molecule has 1 rings (SSSR count). The predicted octanol–water partition coefficient (Wildman–Crippen LogP) is 3.35. The van der Waals surface area contributed by atoms with Crippen molar-refractivity contribution in [1.29, 1.82) is 0 Å². The Morgan fingerprint density at radius 3 is 2.68 bits per heavy atom. The predicted molar refractivity (Wildman–Crippen MR) is 86.5 cm³/mol. The first kappa shape index (κ1) is 16.2. The molecule has 0 aliphatic rings. The van der Waals surface area contributed by atoms with E-state index >= 15 is 0 Å². The molecule has 1 atom stereocenters. The quantitative estimate of drug-likeness (QED) is 0.768. The van der Waals surface area contributed by atoms with Gasteiger partial charge >= 0.3 is 0 Å². The fourth-order valence-corrected chi connectivity index (χ4v) is 2.51.